The molecule has 6 heteroatoms. The van der Waals surface area contributed by atoms with Gasteiger partial charge in [0.2, 0.25) is 0 Å². The molecule has 0 saturated heterocycles. The third kappa shape index (κ3) is 3.23. The average molecular weight is 182 g/mol. The lowest BCUT2D eigenvalue weighted by Crippen LogP contribution is -2.39. The first-order chi connectivity index (χ1) is 4.68. The maximum Gasteiger partial charge on any atom is 0.502 e. The lowest BCUT2D eigenvalue weighted by molar-refractivity contribution is 0.169. The Morgan fingerprint density at radius 3 is 2.20 bits per heavy atom. The van der Waals surface area contributed by atoms with Crippen molar-refractivity contribution in [2.24, 2.45) is 0 Å². The van der Waals surface area contributed by atoms with Crippen LogP contribution < -0.4 is 0 Å². The Balaban J connectivity index is 3.92. The van der Waals surface area contributed by atoms with Crippen LogP contribution >= 0.6 is 0 Å². The van der Waals surface area contributed by atoms with Gasteiger partial charge in [-0.3, -0.25) is 0 Å². The molecule has 0 aromatic heterocycles. The summed E-state index contributed by atoms with van der Waals surface area (Å²) in [6.07, 6.45) is 0. The van der Waals surface area contributed by atoms with Crippen LogP contribution in [-0.4, -0.2) is 32.8 Å². The van der Waals surface area contributed by atoms with Crippen molar-refractivity contribution >= 4 is 25.6 Å². The van der Waals surface area contributed by atoms with Crippen molar-refractivity contribution < 1.29 is 17.5 Å². The van der Waals surface area contributed by atoms with Gasteiger partial charge in [-0.15, -0.1) is 0 Å². The Labute approximate surface area is 64.5 Å². The summed E-state index contributed by atoms with van der Waals surface area (Å²) in [5, 5.41) is 0. The van der Waals surface area contributed by atoms with Crippen LogP contribution in [0, 0.1) is 0 Å². The van der Waals surface area contributed by atoms with E-state index in [9.17, 15) is 4.21 Å². The van der Waals surface area contributed by atoms with Crippen molar-refractivity contribution in [2.75, 3.05) is 14.2 Å². The van der Waals surface area contributed by atoms with E-state index in [4.69, 9.17) is 13.3 Å². The zero-order valence-corrected chi connectivity index (χ0v) is 7.94. The molecule has 0 amide bonds. The molecule has 0 aliphatic heterocycles. The van der Waals surface area contributed by atoms with E-state index in [-0.39, 0.29) is 11.3 Å². The van der Waals surface area contributed by atoms with Crippen LogP contribution in [0.3, 0.4) is 0 Å². The monoisotopic (exact) mass is 182 g/mol. The van der Waals surface area contributed by atoms with Crippen molar-refractivity contribution in [3.63, 3.8) is 0 Å². The second kappa shape index (κ2) is 4.75. The molecule has 0 heterocycles. The Kier molecular flexibility index (Phi) is 4.74. The van der Waals surface area contributed by atoms with Crippen molar-refractivity contribution in [1.82, 2.24) is 0 Å². The van der Waals surface area contributed by atoms with Gasteiger partial charge in [-0.05, 0) is 0 Å². The summed E-state index contributed by atoms with van der Waals surface area (Å²) in [4.78, 5) is 0. The van der Waals surface area contributed by atoms with E-state index >= 15 is 0 Å². The van der Waals surface area contributed by atoms with Gasteiger partial charge in [0.15, 0.2) is 0 Å². The predicted molar refractivity (Wildman–Crippen MR) is 40.9 cm³/mol. The van der Waals surface area contributed by atoms with Crippen molar-refractivity contribution in [3.05, 3.63) is 0 Å². The van der Waals surface area contributed by atoms with Crippen LogP contribution in [0.2, 0.25) is 6.55 Å². The highest BCUT2D eigenvalue weighted by molar-refractivity contribution is 7.64. The van der Waals surface area contributed by atoms with Gasteiger partial charge in [0, 0.05) is 20.8 Å². The molecule has 0 aliphatic rings. The molecule has 0 unspecified atom stereocenters. The Morgan fingerprint density at radius 2 is 1.90 bits per heavy atom. The van der Waals surface area contributed by atoms with Crippen molar-refractivity contribution in [2.45, 2.75) is 6.55 Å². The van der Waals surface area contributed by atoms with Crippen LogP contribution in [0.15, 0.2) is 0 Å². The molecule has 0 spiro atoms. The third-order valence-electron chi connectivity index (χ3n) is 1.04. The summed E-state index contributed by atoms with van der Waals surface area (Å²) >= 11 is 0.237. The summed E-state index contributed by atoms with van der Waals surface area (Å²) < 4.78 is 24.6. The van der Waals surface area contributed by atoms with Gasteiger partial charge < -0.3 is 13.3 Å². The highest BCUT2D eigenvalue weighted by Gasteiger charge is 2.31. The Morgan fingerprint density at radius 1 is 1.40 bits per heavy atom. The zero-order valence-electron chi connectivity index (χ0n) is 6.12. The standard InChI is InChI=1S/C4H10O4SSi/c1-6-10(3,7-2)8-4-9-5/h4H,1-3H3. The lowest BCUT2D eigenvalue weighted by Gasteiger charge is -2.18. The summed E-state index contributed by atoms with van der Waals surface area (Å²) in [6, 6.07) is 0. The van der Waals surface area contributed by atoms with Crippen LogP contribution in [0.25, 0.3) is 0 Å². The second-order valence-corrected chi connectivity index (χ2v) is 4.74. The third-order valence-corrected chi connectivity index (χ3v) is 3.42. The highest BCUT2D eigenvalue weighted by Crippen LogP contribution is 2.02. The van der Waals surface area contributed by atoms with Crippen molar-refractivity contribution in [1.29, 1.82) is 0 Å². The van der Waals surface area contributed by atoms with E-state index in [1.54, 1.807) is 6.55 Å². The van der Waals surface area contributed by atoms with Crippen molar-refractivity contribution in [3.8, 4) is 0 Å². The summed E-state index contributed by atoms with van der Waals surface area (Å²) in [7, 11) is 0.476. The fraction of sp³-hybridized carbons (Fsp3) is 0.750. The minimum Gasteiger partial charge on any atom is -0.377 e. The molecule has 0 radical (unpaired) electrons. The first kappa shape index (κ1) is 9.99. The minimum atomic E-state index is -2.49. The summed E-state index contributed by atoms with van der Waals surface area (Å²) in [6.45, 7) is 1.69. The van der Waals surface area contributed by atoms with Gasteiger partial charge in [0.05, 0.1) is 0 Å². The Bertz CT molecular complexity index is 140. The SMILES string of the molecule is CO[Si](C)(OC)OC=S=O. The summed E-state index contributed by atoms with van der Waals surface area (Å²) in [5.74, 6) is 0. The second-order valence-electron chi connectivity index (χ2n) is 1.58. The molecule has 60 valence electrons. The van der Waals surface area contributed by atoms with Gasteiger partial charge in [0.1, 0.15) is 16.8 Å². The molecular weight excluding hydrogens is 172 g/mol. The molecule has 0 aromatic rings. The van der Waals surface area contributed by atoms with Gasteiger partial charge in [-0.25, -0.2) is 4.21 Å². The first-order valence-electron chi connectivity index (χ1n) is 2.57. The molecule has 0 aromatic carbocycles. The lowest BCUT2D eigenvalue weighted by atomic mass is 11.7. The highest BCUT2D eigenvalue weighted by atomic mass is 32.1. The number of hydrogen-bond acceptors (Lipinski definition) is 4. The largest absolute Gasteiger partial charge is 0.502 e. The maximum absolute atomic E-state index is 9.86. The number of rotatable bonds is 4. The smallest absolute Gasteiger partial charge is 0.377 e. The molecule has 0 rings (SSSR count). The van der Waals surface area contributed by atoms with E-state index in [1.165, 1.54) is 14.2 Å². The van der Waals surface area contributed by atoms with E-state index in [0.29, 0.717) is 0 Å². The first-order valence-corrected chi connectivity index (χ1v) is 5.60. The van der Waals surface area contributed by atoms with Gasteiger partial charge >= 0.3 is 8.80 Å². The van der Waals surface area contributed by atoms with E-state index in [0.717, 1.165) is 5.55 Å². The van der Waals surface area contributed by atoms with Crippen LogP contribution in [0.5, 0.6) is 0 Å². The minimum absolute atomic E-state index is 0.237. The fourth-order valence-corrected chi connectivity index (χ4v) is 1.50. The van der Waals surface area contributed by atoms with Gasteiger partial charge in [-0.1, -0.05) is 0 Å². The quantitative estimate of drug-likeness (QED) is 0.447. The van der Waals surface area contributed by atoms with E-state index < -0.39 is 8.80 Å². The molecule has 0 atom stereocenters. The predicted octanol–water partition coefficient (Wildman–Crippen LogP) is -0.163. The Hall–Kier alpha value is -0.0131. The average Bonchev–Trinajstić information content (AvgIpc) is 2.00. The molecule has 0 N–H and O–H groups in total. The molecule has 0 saturated carbocycles. The van der Waals surface area contributed by atoms with Crippen LogP contribution in [-0.2, 0) is 24.5 Å². The molecule has 10 heavy (non-hydrogen) atoms. The molecule has 0 fully saturated rings. The van der Waals surface area contributed by atoms with Crippen LogP contribution in [0.4, 0.5) is 0 Å². The molecule has 0 aliphatic carbocycles. The normalized spacial score (nSPS) is 11.1. The topological polar surface area (TPSA) is 44.8 Å². The van der Waals surface area contributed by atoms with Gasteiger partial charge in [-0.2, -0.15) is 0 Å². The summed E-state index contributed by atoms with van der Waals surface area (Å²) in [5.41, 5.74) is 1.07. The zero-order chi connectivity index (χ0) is 8.04. The number of hydrogen-bond donors (Lipinski definition) is 0. The molecular formula is C4H10O4SSi. The van der Waals surface area contributed by atoms with Gasteiger partial charge in [0.25, 0.3) is 0 Å². The molecule has 4 nitrogen and oxygen atoms in total. The fourth-order valence-electron chi connectivity index (χ4n) is 0.287. The maximum atomic E-state index is 9.86. The van der Waals surface area contributed by atoms with E-state index in [1.807, 2.05) is 0 Å². The van der Waals surface area contributed by atoms with Crippen LogP contribution in [0.1, 0.15) is 0 Å². The van der Waals surface area contributed by atoms with E-state index in [2.05, 4.69) is 0 Å². The molecule has 0 bridgehead atoms.